The lowest BCUT2D eigenvalue weighted by molar-refractivity contribution is 0.405. The van der Waals surface area contributed by atoms with Crippen LogP contribution in [-0.2, 0) is 6.42 Å². The zero-order valence-corrected chi connectivity index (χ0v) is 9.27. The Morgan fingerprint density at radius 1 is 1.20 bits per heavy atom. The van der Waals surface area contributed by atoms with E-state index >= 15 is 0 Å². The second kappa shape index (κ2) is 4.08. The predicted octanol–water partition coefficient (Wildman–Crippen LogP) is 2.07. The summed E-state index contributed by atoms with van der Waals surface area (Å²) in [6, 6.07) is 5.26. The molecule has 0 atom stereocenters. The molecule has 2 aromatic rings. The van der Waals surface area contributed by atoms with Crippen LogP contribution in [0.3, 0.4) is 0 Å². The average molecular weight is 223 g/mol. The third kappa shape index (κ3) is 2.06. The van der Waals surface area contributed by atoms with Crippen molar-refractivity contribution in [3.8, 4) is 11.5 Å². The van der Waals surface area contributed by atoms with Crippen molar-refractivity contribution >= 4 is 21.4 Å². The Labute approximate surface area is 92.0 Å². The van der Waals surface area contributed by atoms with Crippen LogP contribution < -0.4 is 5.32 Å². The molecular formula is C11H13NO2S. The van der Waals surface area contributed by atoms with Gasteiger partial charge in [-0.25, -0.2) is 0 Å². The van der Waals surface area contributed by atoms with Crippen LogP contribution in [0.5, 0.6) is 11.5 Å². The Bertz CT molecular complexity index is 440. The van der Waals surface area contributed by atoms with Crippen LogP contribution >= 0.6 is 11.3 Å². The molecule has 80 valence electrons. The van der Waals surface area contributed by atoms with E-state index in [2.05, 4.69) is 11.4 Å². The van der Waals surface area contributed by atoms with Crippen molar-refractivity contribution in [2.45, 2.75) is 6.42 Å². The summed E-state index contributed by atoms with van der Waals surface area (Å²) >= 11 is 1.65. The number of thiophene rings is 1. The summed E-state index contributed by atoms with van der Waals surface area (Å²) in [5, 5.41) is 22.8. The van der Waals surface area contributed by atoms with Gasteiger partial charge >= 0.3 is 0 Å². The van der Waals surface area contributed by atoms with E-state index in [0.29, 0.717) is 0 Å². The van der Waals surface area contributed by atoms with Crippen LogP contribution in [0, 0.1) is 0 Å². The summed E-state index contributed by atoms with van der Waals surface area (Å²) in [5.74, 6) is -0.106. The van der Waals surface area contributed by atoms with Gasteiger partial charge in [-0.15, -0.1) is 11.3 Å². The number of likely N-dealkylation sites (N-methyl/N-ethyl adjacent to an activating group) is 1. The summed E-state index contributed by atoms with van der Waals surface area (Å²) in [7, 11) is 1.92. The summed E-state index contributed by atoms with van der Waals surface area (Å²) in [6.07, 6.45) is 0.970. The molecule has 0 fully saturated rings. The molecular weight excluding hydrogens is 210 g/mol. The van der Waals surface area contributed by atoms with Gasteiger partial charge in [0.2, 0.25) is 0 Å². The van der Waals surface area contributed by atoms with Gasteiger partial charge in [0.25, 0.3) is 0 Å². The number of benzene rings is 1. The minimum atomic E-state index is -0.0551. The molecule has 1 aromatic heterocycles. The van der Waals surface area contributed by atoms with Crippen LogP contribution in [0.2, 0.25) is 0 Å². The quantitative estimate of drug-likeness (QED) is 0.698. The molecule has 4 heteroatoms. The molecule has 0 bridgehead atoms. The van der Waals surface area contributed by atoms with E-state index in [-0.39, 0.29) is 11.5 Å². The summed E-state index contributed by atoms with van der Waals surface area (Å²) in [6.45, 7) is 0.935. The van der Waals surface area contributed by atoms with Crippen LogP contribution in [0.1, 0.15) is 4.88 Å². The van der Waals surface area contributed by atoms with Gasteiger partial charge in [0.1, 0.15) is 0 Å². The minimum absolute atomic E-state index is 0.0514. The first-order chi connectivity index (χ1) is 7.20. The molecule has 0 unspecified atom stereocenters. The highest BCUT2D eigenvalue weighted by molar-refractivity contribution is 7.19. The zero-order valence-electron chi connectivity index (χ0n) is 8.45. The lowest BCUT2D eigenvalue weighted by Gasteiger charge is -1.95. The molecule has 15 heavy (non-hydrogen) atoms. The topological polar surface area (TPSA) is 52.5 Å². The number of fused-ring (bicyclic) bond motifs is 1. The highest BCUT2D eigenvalue weighted by Crippen LogP contribution is 2.34. The second-order valence-electron chi connectivity index (χ2n) is 3.45. The third-order valence-corrected chi connectivity index (χ3v) is 3.44. The average Bonchev–Trinajstić information content (AvgIpc) is 2.58. The Morgan fingerprint density at radius 2 is 1.93 bits per heavy atom. The Balaban J connectivity index is 2.38. The van der Waals surface area contributed by atoms with Crippen molar-refractivity contribution in [3.05, 3.63) is 23.1 Å². The lowest BCUT2D eigenvalue weighted by atomic mass is 10.2. The van der Waals surface area contributed by atoms with Crippen molar-refractivity contribution in [3.63, 3.8) is 0 Å². The molecule has 0 saturated heterocycles. The number of rotatable bonds is 3. The van der Waals surface area contributed by atoms with E-state index in [4.69, 9.17) is 0 Å². The third-order valence-electron chi connectivity index (χ3n) is 2.29. The fraction of sp³-hybridized carbons (Fsp3) is 0.273. The van der Waals surface area contributed by atoms with Gasteiger partial charge in [0.15, 0.2) is 11.5 Å². The van der Waals surface area contributed by atoms with Gasteiger partial charge in [0.05, 0.1) is 0 Å². The molecule has 0 aliphatic carbocycles. The maximum Gasteiger partial charge on any atom is 0.158 e. The molecule has 3 N–H and O–H groups in total. The van der Waals surface area contributed by atoms with Gasteiger partial charge in [-0.3, -0.25) is 0 Å². The van der Waals surface area contributed by atoms with Gasteiger partial charge in [-0.2, -0.15) is 0 Å². The maximum atomic E-state index is 9.35. The predicted molar refractivity (Wildman–Crippen MR) is 62.8 cm³/mol. The SMILES string of the molecule is CNCCc1cc2cc(O)c(O)cc2s1. The van der Waals surface area contributed by atoms with Crippen molar-refractivity contribution in [2.24, 2.45) is 0 Å². The highest BCUT2D eigenvalue weighted by atomic mass is 32.1. The van der Waals surface area contributed by atoms with Crippen LogP contribution in [-0.4, -0.2) is 23.8 Å². The van der Waals surface area contributed by atoms with E-state index in [1.807, 2.05) is 7.05 Å². The van der Waals surface area contributed by atoms with Crippen molar-refractivity contribution in [1.82, 2.24) is 5.32 Å². The summed E-state index contributed by atoms with van der Waals surface area (Å²) in [4.78, 5) is 1.25. The fourth-order valence-electron chi connectivity index (χ4n) is 1.49. The van der Waals surface area contributed by atoms with Gasteiger partial charge < -0.3 is 15.5 Å². The van der Waals surface area contributed by atoms with E-state index in [1.165, 1.54) is 4.88 Å². The molecule has 0 aliphatic rings. The smallest absolute Gasteiger partial charge is 0.158 e. The van der Waals surface area contributed by atoms with Crippen molar-refractivity contribution in [2.75, 3.05) is 13.6 Å². The standard InChI is InChI=1S/C11H13NO2S/c1-12-3-2-8-4-7-5-9(13)10(14)6-11(7)15-8/h4-6,12-14H,2-3H2,1H3. The molecule has 1 heterocycles. The summed E-state index contributed by atoms with van der Waals surface area (Å²) < 4.78 is 1.01. The monoisotopic (exact) mass is 223 g/mol. The van der Waals surface area contributed by atoms with E-state index in [1.54, 1.807) is 23.5 Å². The summed E-state index contributed by atoms with van der Waals surface area (Å²) in [5.41, 5.74) is 0. The molecule has 0 spiro atoms. The Hall–Kier alpha value is -1.26. The van der Waals surface area contributed by atoms with Gasteiger partial charge in [0, 0.05) is 15.6 Å². The van der Waals surface area contributed by atoms with E-state index in [0.717, 1.165) is 23.1 Å². The van der Waals surface area contributed by atoms with Crippen LogP contribution in [0.15, 0.2) is 18.2 Å². The molecule has 3 nitrogen and oxygen atoms in total. The first kappa shape index (κ1) is 10.3. The van der Waals surface area contributed by atoms with E-state index in [9.17, 15) is 10.2 Å². The normalized spacial score (nSPS) is 11.0. The molecule has 0 aliphatic heterocycles. The van der Waals surface area contributed by atoms with Crippen LogP contribution in [0.4, 0.5) is 0 Å². The first-order valence-corrected chi connectivity index (χ1v) is 5.61. The number of aromatic hydroxyl groups is 2. The molecule has 0 saturated carbocycles. The molecule has 2 rings (SSSR count). The maximum absolute atomic E-state index is 9.35. The Morgan fingerprint density at radius 3 is 2.67 bits per heavy atom. The zero-order chi connectivity index (χ0) is 10.8. The molecule has 0 radical (unpaired) electrons. The first-order valence-electron chi connectivity index (χ1n) is 4.79. The van der Waals surface area contributed by atoms with Gasteiger partial charge in [-0.05, 0) is 37.5 Å². The van der Waals surface area contributed by atoms with Crippen molar-refractivity contribution < 1.29 is 10.2 Å². The number of nitrogens with one attached hydrogen (secondary N) is 1. The van der Waals surface area contributed by atoms with Crippen LogP contribution in [0.25, 0.3) is 10.1 Å². The highest BCUT2D eigenvalue weighted by Gasteiger charge is 2.06. The van der Waals surface area contributed by atoms with Gasteiger partial charge in [-0.1, -0.05) is 0 Å². The number of phenolic OH excluding ortho intramolecular Hbond substituents is 2. The number of phenols is 2. The lowest BCUT2D eigenvalue weighted by Crippen LogP contribution is -2.09. The second-order valence-corrected chi connectivity index (χ2v) is 4.61. The number of hydrogen-bond donors (Lipinski definition) is 3. The number of hydrogen-bond acceptors (Lipinski definition) is 4. The fourth-order valence-corrected chi connectivity index (χ4v) is 2.57. The largest absolute Gasteiger partial charge is 0.504 e. The minimum Gasteiger partial charge on any atom is -0.504 e. The van der Waals surface area contributed by atoms with Crippen molar-refractivity contribution in [1.29, 1.82) is 0 Å². The molecule has 1 aromatic carbocycles. The Kier molecular flexibility index (Phi) is 2.79. The van der Waals surface area contributed by atoms with E-state index < -0.39 is 0 Å². The molecule has 0 amide bonds.